The summed E-state index contributed by atoms with van der Waals surface area (Å²) in [6, 6.07) is 18.8. The second kappa shape index (κ2) is 10.3. The summed E-state index contributed by atoms with van der Waals surface area (Å²) in [7, 11) is 0. The number of ether oxygens (including phenoxy) is 2. The molecule has 0 saturated carbocycles. The van der Waals surface area contributed by atoms with Crippen molar-refractivity contribution >= 4 is 18.1 Å². The van der Waals surface area contributed by atoms with Gasteiger partial charge in [-0.05, 0) is 38.3 Å². The van der Waals surface area contributed by atoms with Gasteiger partial charge in [0, 0.05) is 19.5 Å². The first-order valence-corrected chi connectivity index (χ1v) is 10.8. The molecule has 0 aliphatic carbocycles. The van der Waals surface area contributed by atoms with Gasteiger partial charge >= 0.3 is 12.2 Å². The first kappa shape index (κ1) is 23.3. The average molecular weight is 439 g/mol. The fourth-order valence-corrected chi connectivity index (χ4v) is 3.52. The number of imide groups is 1. The van der Waals surface area contributed by atoms with Gasteiger partial charge in [0.25, 0.3) is 0 Å². The molecule has 0 spiro atoms. The summed E-state index contributed by atoms with van der Waals surface area (Å²) < 4.78 is 10.7. The molecule has 1 aliphatic heterocycles. The molecule has 170 valence electrons. The number of hydrogen-bond donors (Lipinski definition) is 0. The Kier molecular flexibility index (Phi) is 7.51. The van der Waals surface area contributed by atoms with E-state index in [0.29, 0.717) is 13.0 Å². The Morgan fingerprint density at radius 3 is 2.22 bits per heavy atom. The monoisotopic (exact) mass is 438 g/mol. The summed E-state index contributed by atoms with van der Waals surface area (Å²) in [5, 5.41) is 0. The van der Waals surface area contributed by atoms with Crippen molar-refractivity contribution in [3.8, 4) is 0 Å². The van der Waals surface area contributed by atoms with E-state index in [1.807, 2.05) is 60.7 Å². The van der Waals surface area contributed by atoms with Crippen molar-refractivity contribution in [2.45, 2.75) is 51.8 Å². The molecule has 1 fully saturated rings. The van der Waals surface area contributed by atoms with Crippen LogP contribution in [0, 0.1) is 0 Å². The molecule has 3 rings (SSSR count). The van der Waals surface area contributed by atoms with Gasteiger partial charge in [-0.3, -0.25) is 4.79 Å². The molecule has 1 saturated heterocycles. The van der Waals surface area contributed by atoms with Gasteiger partial charge in [0.1, 0.15) is 12.2 Å². The zero-order valence-corrected chi connectivity index (χ0v) is 18.8. The van der Waals surface area contributed by atoms with Crippen molar-refractivity contribution in [2.75, 3.05) is 13.2 Å². The molecule has 1 atom stereocenters. The fraction of sp³-hybridized carbons (Fsp3) is 0.400. The maximum absolute atomic E-state index is 13.0. The number of amides is 3. The van der Waals surface area contributed by atoms with Crippen LogP contribution in [0.15, 0.2) is 60.7 Å². The molecule has 0 N–H and O–H groups in total. The Hall–Kier alpha value is -3.35. The molecule has 7 heteroatoms. The second-order valence-electron chi connectivity index (χ2n) is 8.82. The van der Waals surface area contributed by atoms with Gasteiger partial charge in [-0.2, -0.15) is 0 Å². The fourth-order valence-electron chi connectivity index (χ4n) is 3.52. The SMILES string of the molecule is CC(C)(C)OC(=O)N(CCC(=O)N1C(=O)OC[C@@H]1Cc1ccccc1)Cc1ccccc1. The van der Waals surface area contributed by atoms with Crippen molar-refractivity contribution in [3.63, 3.8) is 0 Å². The summed E-state index contributed by atoms with van der Waals surface area (Å²) in [6.45, 7) is 5.99. The largest absolute Gasteiger partial charge is 0.447 e. The van der Waals surface area contributed by atoms with Crippen molar-refractivity contribution in [1.29, 1.82) is 0 Å². The van der Waals surface area contributed by atoms with Gasteiger partial charge < -0.3 is 14.4 Å². The molecule has 0 bridgehead atoms. The van der Waals surface area contributed by atoms with E-state index in [1.165, 1.54) is 9.80 Å². The van der Waals surface area contributed by atoms with E-state index < -0.39 is 17.8 Å². The first-order valence-electron chi connectivity index (χ1n) is 10.8. The predicted molar refractivity (Wildman–Crippen MR) is 120 cm³/mol. The number of hydrogen-bond acceptors (Lipinski definition) is 5. The minimum Gasteiger partial charge on any atom is -0.447 e. The Bertz CT molecular complexity index is 924. The third kappa shape index (κ3) is 6.57. The van der Waals surface area contributed by atoms with Crippen molar-refractivity contribution in [2.24, 2.45) is 0 Å². The molecule has 32 heavy (non-hydrogen) atoms. The van der Waals surface area contributed by atoms with E-state index in [4.69, 9.17) is 9.47 Å². The maximum Gasteiger partial charge on any atom is 0.416 e. The van der Waals surface area contributed by atoms with E-state index >= 15 is 0 Å². The van der Waals surface area contributed by atoms with Crippen LogP contribution < -0.4 is 0 Å². The highest BCUT2D eigenvalue weighted by Gasteiger charge is 2.38. The van der Waals surface area contributed by atoms with Crippen LogP contribution in [0.2, 0.25) is 0 Å². The molecular weight excluding hydrogens is 408 g/mol. The highest BCUT2D eigenvalue weighted by molar-refractivity contribution is 5.93. The van der Waals surface area contributed by atoms with Crippen LogP contribution in [0.25, 0.3) is 0 Å². The van der Waals surface area contributed by atoms with Gasteiger partial charge in [0.2, 0.25) is 5.91 Å². The molecule has 0 aromatic heterocycles. The highest BCUT2D eigenvalue weighted by Crippen LogP contribution is 2.19. The number of benzene rings is 2. The molecule has 0 unspecified atom stereocenters. The van der Waals surface area contributed by atoms with Crippen LogP contribution >= 0.6 is 0 Å². The number of carbonyl (C=O) groups excluding carboxylic acids is 3. The number of cyclic esters (lactones) is 1. The summed E-state index contributed by atoms with van der Waals surface area (Å²) in [4.78, 5) is 40.6. The normalized spacial score (nSPS) is 15.9. The van der Waals surface area contributed by atoms with Crippen LogP contribution in [0.4, 0.5) is 9.59 Å². The topological polar surface area (TPSA) is 76.2 Å². The summed E-state index contributed by atoms with van der Waals surface area (Å²) in [5.74, 6) is -0.366. The Labute approximate surface area is 188 Å². The van der Waals surface area contributed by atoms with Crippen molar-refractivity contribution in [3.05, 3.63) is 71.8 Å². The van der Waals surface area contributed by atoms with Crippen molar-refractivity contribution < 1.29 is 23.9 Å². The molecule has 0 radical (unpaired) electrons. The van der Waals surface area contributed by atoms with E-state index in [1.54, 1.807) is 20.8 Å². The summed E-state index contributed by atoms with van der Waals surface area (Å²) in [6.07, 6.45) is -0.619. The Morgan fingerprint density at radius 2 is 1.62 bits per heavy atom. The zero-order chi connectivity index (χ0) is 23.1. The smallest absolute Gasteiger partial charge is 0.416 e. The van der Waals surface area contributed by atoms with E-state index in [9.17, 15) is 14.4 Å². The molecule has 3 amide bonds. The summed E-state index contributed by atoms with van der Waals surface area (Å²) in [5.41, 5.74) is 1.29. The van der Waals surface area contributed by atoms with E-state index in [-0.39, 0.29) is 31.5 Å². The van der Waals surface area contributed by atoms with Gasteiger partial charge in [-0.15, -0.1) is 0 Å². The Balaban J connectivity index is 1.67. The molecule has 1 aliphatic rings. The van der Waals surface area contributed by atoms with Crippen LogP contribution in [0.1, 0.15) is 38.3 Å². The first-order chi connectivity index (χ1) is 15.2. The van der Waals surface area contributed by atoms with Crippen LogP contribution in [-0.2, 0) is 27.2 Å². The highest BCUT2D eigenvalue weighted by atomic mass is 16.6. The minimum atomic E-state index is -0.657. The lowest BCUT2D eigenvalue weighted by atomic mass is 10.1. The predicted octanol–water partition coefficient (Wildman–Crippen LogP) is 4.40. The van der Waals surface area contributed by atoms with E-state index in [2.05, 4.69) is 0 Å². The number of rotatable bonds is 7. The lowest BCUT2D eigenvalue weighted by Crippen LogP contribution is -2.43. The quantitative estimate of drug-likeness (QED) is 0.640. The molecule has 1 heterocycles. The van der Waals surface area contributed by atoms with Gasteiger partial charge in [0.05, 0.1) is 6.04 Å². The van der Waals surface area contributed by atoms with Crippen LogP contribution in [0.5, 0.6) is 0 Å². The van der Waals surface area contributed by atoms with E-state index in [0.717, 1.165) is 11.1 Å². The Morgan fingerprint density at radius 1 is 1.03 bits per heavy atom. The van der Waals surface area contributed by atoms with Crippen LogP contribution in [-0.4, -0.2) is 52.7 Å². The molecule has 7 nitrogen and oxygen atoms in total. The standard InChI is InChI=1S/C25H30N2O5/c1-25(2,3)32-23(29)26(17-20-12-8-5-9-13-20)15-14-22(28)27-21(18-31-24(27)30)16-19-10-6-4-7-11-19/h4-13,21H,14-18H2,1-3H3/t21-/m0/s1. The van der Waals surface area contributed by atoms with Crippen molar-refractivity contribution in [1.82, 2.24) is 9.80 Å². The summed E-state index contributed by atoms with van der Waals surface area (Å²) >= 11 is 0. The third-order valence-corrected chi connectivity index (χ3v) is 5.01. The zero-order valence-electron chi connectivity index (χ0n) is 18.8. The van der Waals surface area contributed by atoms with Crippen LogP contribution in [0.3, 0.4) is 0 Å². The van der Waals surface area contributed by atoms with Gasteiger partial charge in [-0.25, -0.2) is 14.5 Å². The maximum atomic E-state index is 13.0. The lowest BCUT2D eigenvalue weighted by molar-refractivity contribution is -0.129. The van der Waals surface area contributed by atoms with Gasteiger partial charge in [0.15, 0.2) is 0 Å². The molecular formula is C25H30N2O5. The third-order valence-electron chi connectivity index (χ3n) is 5.01. The number of carbonyl (C=O) groups is 3. The molecule has 2 aromatic rings. The number of nitrogens with zero attached hydrogens (tertiary/aromatic N) is 2. The molecule has 2 aromatic carbocycles. The lowest BCUT2D eigenvalue weighted by Gasteiger charge is -2.28. The second-order valence-corrected chi connectivity index (χ2v) is 8.82. The minimum absolute atomic E-state index is 0.00747. The average Bonchev–Trinajstić information content (AvgIpc) is 3.11. The van der Waals surface area contributed by atoms with Gasteiger partial charge in [-0.1, -0.05) is 60.7 Å².